The number of hydrogen-bond acceptors (Lipinski definition) is 1. The Morgan fingerprint density at radius 2 is 1.92 bits per heavy atom. The predicted octanol–water partition coefficient (Wildman–Crippen LogP) is 2.83. The first-order valence-electron chi connectivity index (χ1n) is 4.68. The zero-order chi connectivity index (χ0) is 9.68. The van der Waals surface area contributed by atoms with Gasteiger partial charge in [-0.15, -0.1) is 0 Å². The van der Waals surface area contributed by atoms with Crippen molar-refractivity contribution in [2.75, 3.05) is 7.05 Å². The largest absolute Gasteiger partial charge is 0.317 e. The van der Waals surface area contributed by atoms with Crippen molar-refractivity contribution >= 4 is 22.6 Å². The zero-order valence-corrected chi connectivity index (χ0v) is 10.3. The van der Waals surface area contributed by atoms with Gasteiger partial charge in [-0.2, -0.15) is 0 Å². The topological polar surface area (TPSA) is 12.0 Å². The Morgan fingerprint density at radius 1 is 1.31 bits per heavy atom. The maximum atomic E-state index is 3.31. The van der Waals surface area contributed by atoms with E-state index in [4.69, 9.17) is 0 Å². The van der Waals surface area contributed by atoms with Crippen molar-refractivity contribution in [3.05, 3.63) is 33.4 Å². The van der Waals surface area contributed by atoms with Crippen LogP contribution in [0.2, 0.25) is 0 Å². The molecular formula is C11H16IN. The molecule has 1 rings (SSSR count). The summed E-state index contributed by atoms with van der Waals surface area (Å²) in [5, 5.41) is 3.31. The van der Waals surface area contributed by atoms with Gasteiger partial charge in [0.25, 0.3) is 0 Å². The lowest BCUT2D eigenvalue weighted by Crippen LogP contribution is -2.26. The van der Waals surface area contributed by atoms with E-state index in [9.17, 15) is 0 Å². The molecule has 0 saturated heterocycles. The lowest BCUT2D eigenvalue weighted by atomic mass is 10.0. The molecule has 0 aliphatic heterocycles. The minimum atomic E-state index is 0.611. The second kappa shape index (κ2) is 5.60. The SMILES string of the molecule is CCC(Cc1ccc(I)cc1)NC. The van der Waals surface area contributed by atoms with Crippen LogP contribution in [0.3, 0.4) is 0 Å². The average Bonchev–Trinajstić information content (AvgIpc) is 2.17. The molecule has 1 aromatic carbocycles. The minimum Gasteiger partial charge on any atom is -0.317 e. The van der Waals surface area contributed by atoms with Gasteiger partial charge in [-0.25, -0.2) is 0 Å². The van der Waals surface area contributed by atoms with Crippen molar-refractivity contribution < 1.29 is 0 Å². The summed E-state index contributed by atoms with van der Waals surface area (Å²) in [6.07, 6.45) is 2.31. The average molecular weight is 289 g/mol. The summed E-state index contributed by atoms with van der Waals surface area (Å²) >= 11 is 2.33. The van der Waals surface area contributed by atoms with Crippen LogP contribution in [0.15, 0.2) is 24.3 Å². The minimum absolute atomic E-state index is 0.611. The maximum Gasteiger partial charge on any atom is 0.0130 e. The Hall–Kier alpha value is -0.0900. The second-order valence-electron chi connectivity index (χ2n) is 3.22. The molecule has 0 spiro atoms. The zero-order valence-electron chi connectivity index (χ0n) is 8.18. The highest BCUT2D eigenvalue weighted by Crippen LogP contribution is 2.09. The summed E-state index contributed by atoms with van der Waals surface area (Å²) in [5.74, 6) is 0. The third-order valence-electron chi connectivity index (χ3n) is 2.30. The van der Waals surface area contributed by atoms with Gasteiger partial charge < -0.3 is 5.32 Å². The number of halogens is 1. The molecule has 1 unspecified atom stereocenters. The fourth-order valence-corrected chi connectivity index (χ4v) is 1.72. The van der Waals surface area contributed by atoms with Crippen molar-refractivity contribution in [3.8, 4) is 0 Å². The molecule has 0 saturated carbocycles. The van der Waals surface area contributed by atoms with E-state index in [1.165, 1.54) is 15.6 Å². The van der Waals surface area contributed by atoms with Crippen molar-refractivity contribution in [2.24, 2.45) is 0 Å². The Labute approximate surface area is 94.1 Å². The van der Waals surface area contributed by atoms with Crippen LogP contribution in [0.4, 0.5) is 0 Å². The molecule has 72 valence electrons. The van der Waals surface area contributed by atoms with Gasteiger partial charge in [0, 0.05) is 9.61 Å². The molecule has 0 bridgehead atoms. The van der Waals surface area contributed by atoms with Gasteiger partial charge in [-0.05, 0) is 60.2 Å². The van der Waals surface area contributed by atoms with Gasteiger partial charge in [-0.1, -0.05) is 19.1 Å². The first kappa shape index (κ1) is 11.0. The van der Waals surface area contributed by atoms with Crippen LogP contribution < -0.4 is 5.32 Å². The highest BCUT2D eigenvalue weighted by molar-refractivity contribution is 14.1. The Balaban J connectivity index is 2.58. The molecule has 1 aromatic rings. The summed E-state index contributed by atoms with van der Waals surface area (Å²) in [7, 11) is 2.03. The van der Waals surface area contributed by atoms with Crippen molar-refractivity contribution in [1.82, 2.24) is 5.32 Å². The fraction of sp³-hybridized carbons (Fsp3) is 0.455. The predicted molar refractivity (Wildman–Crippen MR) is 66.0 cm³/mol. The molecule has 1 nitrogen and oxygen atoms in total. The maximum absolute atomic E-state index is 3.31. The van der Waals surface area contributed by atoms with Crippen LogP contribution in [0.25, 0.3) is 0 Å². The molecule has 1 atom stereocenters. The van der Waals surface area contributed by atoms with E-state index < -0.39 is 0 Å². The van der Waals surface area contributed by atoms with Crippen LogP contribution in [0.5, 0.6) is 0 Å². The van der Waals surface area contributed by atoms with Gasteiger partial charge in [0.15, 0.2) is 0 Å². The first-order valence-corrected chi connectivity index (χ1v) is 5.75. The van der Waals surface area contributed by atoms with E-state index in [1.807, 2.05) is 7.05 Å². The number of benzene rings is 1. The van der Waals surface area contributed by atoms with E-state index in [0.29, 0.717) is 6.04 Å². The summed E-state index contributed by atoms with van der Waals surface area (Å²) in [6.45, 7) is 2.22. The molecule has 0 aliphatic carbocycles. The van der Waals surface area contributed by atoms with E-state index in [2.05, 4.69) is 59.1 Å². The van der Waals surface area contributed by atoms with Gasteiger partial charge in [-0.3, -0.25) is 0 Å². The van der Waals surface area contributed by atoms with Crippen LogP contribution >= 0.6 is 22.6 Å². The standard InChI is InChI=1S/C11H16IN/c1-3-11(13-2)8-9-4-6-10(12)7-5-9/h4-7,11,13H,3,8H2,1-2H3. The lowest BCUT2D eigenvalue weighted by molar-refractivity contribution is 0.543. The second-order valence-corrected chi connectivity index (χ2v) is 4.47. The van der Waals surface area contributed by atoms with E-state index >= 15 is 0 Å². The molecule has 0 amide bonds. The van der Waals surface area contributed by atoms with Crippen molar-refractivity contribution in [1.29, 1.82) is 0 Å². The van der Waals surface area contributed by atoms with E-state index in [1.54, 1.807) is 0 Å². The molecule has 13 heavy (non-hydrogen) atoms. The fourth-order valence-electron chi connectivity index (χ4n) is 1.36. The third-order valence-corrected chi connectivity index (χ3v) is 3.02. The van der Waals surface area contributed by atoms with Crippen molar-refractivity contribution in [2.45, 2.75) is 25.8 Å². The highest BCUT2D eigenvalue weighted by Gasteiger charge is 2.03. The van der Waals surface area contributed by atoms with Gasteiger partial charge in [0.05, 0.1) is 0 Å². The monoisotopic (exact) mass is 289 g/mol. The van der Waals surface area contributed by atoms with E-state index in [0.717, 1.165) is 6.42 Å². The summed E-state index contributed by atoms with van der Waals surface area (Å²) in [5.41, 5.74) is 1.42. The molecular weight excluding hydrogens is 273 g/mol. The molecule has 0 radical (unpaired) electrons. The number of nitrogens with one attached hydrogen (secondary N) is 1. The number of hydrogen-bond donors (Lipinski definition) is 1. The molecule has 1 N–H and O–H groups in total. The van der Waals surface area contributed by atoms with Crippen LogP contribution in [-0.4, -0.2) is 13.1 Å². The van der Waals surface area contributed by atoms with Crippen LogP contribution in [0.1, 0.15) is 18.9 Å². The molecule has 0 fully saturated rings. The molecule has 0 aliphatic rings. The summed E-state index contributed by atoms with van der Waals surface area (Å²) < 4.78 is 1.30. The Kier molecular flexibility index (Phi) is 4.73. The first-order chi connectivity index (χ1) is 6.26. The molecule has 2 heteroatoms. The highest BCUT2D eigenvalue weighted by atomic mass is 127. The number of likely N-dealkylation sites (N-methyl/N-ethyl adjacent to an activating group) is 1. The van der Waals surface area contributed by atoms with E-state index in [-0.39, 0.29) is 0 Å². The van der Waals surface area contributed by atoms with Gasteiger partial charge >= 0.3 is 0 Å². The van der Waals surface area contributed by atoms with Gasteiger partial charge in [0.1, 0.15) is 0 Å². The number of rotatable bonds is 4. The lowest BCUT2D eigenvalue weighted by Gasteiger charge is -2.13. The Morgan fingerprint density at radius 3 is 2.38 bits per heavy atom. The third kappa shape index (κ3) is 3.65. The molecule has 0 aromatic heterocycles. The van der Waals surface area contributed by atoms with Crippen LogP contribution in [-0.2, 0) is 6.42 Å². The molecule has 0 heterocycles. The van der Waals surface area contributed by atoms with Gasteiger partial charge in [0.2, 0.25) is 0 Å². The summed E-state index contributed by atoms with van der Waals surface area (Å²) in [4.78, 5) is 0. The smallest absolute Gasteiger partial charge is 0.0130 e. The Bertz CT molecular complexity index is 239. The summed E-state index contributed by atoms with van der Waals surface area (Å²) in [6, 6.07) is 9.36. The van der Waals surface area contributed by atoms with Crippen molar-refractivity contribution in [3.63, 3.8) is 0 Å². The quantitative estimate of drug-likeness (QED) is 0.840. The normalized spacial score (nSPS) is 12.8. The van der Waals surface area contributed by atoms with Crippen LogP contribution in [0, 0.1) is 3.57 Å².